The molecule has 3 nitrogen and oxygen atoms in total. The molecule has 0 aliphatic heterocycles. The lowest BCUT2D eigenvalue weighted by atomic mass is 9.86. The van der Waals surface area contributed by atoms with Gasteiger partial charge < -0.3 is 9.84 Å². The lowest BCUT2D eigenvalue weighted by Crippen LogP contribution is -2.76. The fourth-order valence-electron chi connectivity index (χ4n) is 2.24. The van der Waals surface area contributed by atoms with Crippen LogP contribution in [-0.4, -0.2) is 83.8 Å². The maximum absolute atomic E-state index is 13.7. The van der Waals surface area contributed by atoms with E-state index in [1.807, 2.05) is 0 Å². The van der Waals surface area contributed by atoms with E-state index in [0.29, 0.717) is 0 Å². The average Bonchev–Trinajstić information content (AvgIpc) is 2.74. The fraction of sp³-hybridized carbons (Fsp3) is 0.812. The Kier molecular flexibility index (Phi) is 9.62. The van der Waals surface area contributed by atoms with E-state index in [2.05, 4.69) is 4.74 Å². The molecule has 0 fully saturated rings. The maximum atomic E-state index is 13.7. The zero-order valence-corrected chi connectivity index (χ0v) is 18.2. The molecule has 0 radical (unpaired) electrons. The summed E-state index contributed by atoms with van der Waals surface area (Å²) in [6.07, 6.45) is -9.78. The number of carbonyl (C=O) groups excluding carboxylic acids is 1. The lowest BCUT2D eigenvalue weighted by molar-refractivity contribution is -0.473. The molecule has 0 aliphatic rings. The number of halogens is 21. The van der Waals surface area contributed by atoms with Crippen LogP contribution >= 0.6 is 0 Å². The number of alkyl halides is 21. The first-order valence-electron chi connectivity index (χ1n) is 9.06. The van der Waals surface area contributed by atoms with Gasteiger partial charge in [-0.3, -0.25) is 0 Å². The summed E-state index contributed by atoms with van der Waals surface area (Å²) in [7, 11) is 0. The summed E-state index contributed by atoms with van der Waals surface area (Å²) in [5, 5.41) is 8.31. The third kappa shape index (κ3) is 5.11. The Labute approximate surface area is 205 Å². The fourth-order valence-corrected chi connectivity index (χ4v) is 2.24. The van der Waals surface area contributed by atoms with Crippen LogP contribution in [0, 0.1) is 0 Å². The van der Waals surface area contributed by atoms with Crippen molar-refractivity contribution in [3.8, 4) is 0 Å². The Hall–Kier alpha value is -2.30. The molecular weight excluding hydrogens is 639 g/mol. The van der Waals surface area contributed by atoms with E-state index in [1.165, 1.54) is 0 Å². The van der Waals surface area contributed by atoms with Crippen molar-refractivity contribution in [1.29, 1.82) is 0 Å². The second kappa shape index (κ2) is 10.2. The average molecular weight is 648 g/mol. The summed E-state index contributed by atoms with van der Waals surface area (Å²) in [6.45, 7) is -2.25. The molecule has 0 bridgehead atoms. The van der Waals surface area contributed by atoms with Crippen molar-refractivity contribution in [2.45, 2.75) is 66.4 Å². The molecule has 0 saturated heterocycles. The summed E-state index contributed by atoms with van der Waals surface area (Å²) in [4.78, 5) is 11.2. The van der Waals surface area contributed by atoms with Gasteiger partial charge in [-0.15, -0.1) is 0 Å². The number of rotatable bonds is 12. The Bertz CT molecular complexity index is 961. The standard InChI is InChI=1S/C16H9F21O3/c1-5(6(39)40-3-2-38)4-7(17,18)8(19,20)9(21,22)10(23,24)11(25,26)12(27,28)13(29,30)14(31,32)15(33,34)16(35,36)37/h4,38H,2-3H2,1H3. The molecule has 0 aromatic carbocycles. The number of hydrogen-bond acceptors (Lipinski definition) is 3. The molecule has 0 unspecified atom stereocenters. The molecule has 0 heterocycles. The van der Waals surface area contributed by atoms with Gasteiger partial charge in [-0.25, -0.2) is 4.79 Å². The summed E-state index contributed by atoms with van der Waals surface area (Å²) < 4.78 is 282. The highest BCUT2D eigenvalue weighted by Crippen LogP contribution is 2.66. The predicted molar refractivity (Wildman–Crippen MR) is 82.4 cm³/mol. The molecule has 24 heteroatoms. The van der Waals surface area contributed by atoms with Crippen LogP contribution in [0.3, 0.4) is 0 Å². The second-order valence-electron chi connectivity index (χ2n) is 7.40. The van der Waals surface area contributed by atoms with Crippen molar-refractivity contribution < 1.29 is 107 Å². The minimum Gasteiger partial charge on any atom is -0.460 e. The van der Waals surface area contributed by atoms with Gasteiger partial charge in [-0.05, 0) is 6.92 Å². The normalized spacial score (nSPS) is 16.3. The number of ether oxygens (including phenoxy) is 1. The highest BCUT2D eigenvalue weighted by molar-refractivity contribution is 5.87. The Morgan fingerprint density at radius 3 is 1.10 bits per heavy atom. The van der Waals surface area contributed by atoms with Crippen LogP contribution < -0.4 is 0 Å². The summed E-state index contributed by atoms with van der Waals surface area (Å²) in [5.41, 5.74) is -1.96. The largest absolute Gasteiger partial charge is 0.460 e. The second-order valence-corrected chi connectivity index (χ2v) is 7.40. The molecule has 0 spiro atoms. The predicted octanol–water partition coefficient (Wildman–Crippen LogP) is 6.75. The van der Waals surface area contributed by atoms with Crippen molar-refractivity contribution in [3.05, 3.63) is 11.6 Å². The molecule has 0 saturated carbocycles. The van der Waals surface area contributed by atoms with Crippen molar-refractivity contribution in [2.75, 3.05) is 13.2 Å². The molecule has 40 heavy (non-hydrogen) atoms. The van der Waals surface area contributed by atoms with Crippen molar-refractivity contribution in [1.82, 2.24) is 0 Å². The summed E-state index contributed by atoms with van der Waals surface area (Å²) in [5.74, 6) is -80.4. The maximum Gasteiger partial charge on any atom is 0.460 e. The van der Waals surface area contributed by atoms with Gasteiger partial charge in [-0.1, -0.05) is 0 Å². The minimum absolute atomic E-state index is 0.0355. The van der Waals surface area contributed by atoms with Crippen LogP contribution in [0.1, 0.15) is 6.92 Å². The van der Waals surface area contributed by atoms with Crippen LogP contribution in [0.4, 0.5) is 92.2 Å². The first-order valence-corrected chi connectivity index (χ1v) is 9.06. The number of esters is 1. The number of allylic oxidation sites excluding steroid dienone is 1. The number of hydrogen-bond donors (Lipinski definition) is 1. The highest BCUT2D eigenvalue weighted by Gasteiger charge is 2.97. The topological polar surface area (TPSA) is 46.5 Å². The quantitative estimate of drug-likeness (QED) is 0.145. The zero-order valence-electron chi connectivity index (χ0n) is 18.2. The Morgan fingerprint density at radius 2 is 0.825 bits per heavy atom. The lowest BCUT2D eigenvalue weighted by Gasteiger charge is -2.44. The van der Waals surface area contributed by atoms with Gasteiger partial charge in [0.1, 0.15) is 6.61 Å². The van der Waals surface area contributed by atoms with E-state index >= 15 is 0 Å². The van der Waals surface area contributed by atoms with Gasteiger partial charge >= 0.3 is 65.4 Å². The number of aliphatic hydroxyl groups is 1. The third-order valence-corrected chi connectivity index (χ3v) is 4.58. The minimum atomic E-state index is -9.25. The molecule has 0 aromatic rings. The van der Waals surface area contributed by atoms with Crippen LogP contribution in [0.15, 0.2) is 11.6 Å². The van der Waals surface area contributed by atoms with Crippen LogP contribution in [0.5, 0.6) is 0 Å². The van der Waals surface area contributed by atoms with Crippen LogP contribution in [0.25, 0.3) is 0 Å². The van der Waals surface area contributed by atoms with Crippen LogP contribution in [-0.2, 0) is 9.53 Å². The first kappa shape index (κ1) is 37.7. The summed E-state index contributed by atoms with van der Waals surface area (Å²) in [6, 6.07) is 0. The molecule has 0 amide bonds. The van der Waals surface area contributed by atoms with Gasteiger partial charge in [0.05, 0.1) is 6.61 Å². The van der Waals surface area contributed by atoms with E-state index in [4.69, 9.17) is 5.11 Å². The molecule has 0 aromatic heterocycles. The van der Waals surface area contributed by atoms with Crippen molar-refractivity contribution >= 4 is 5.97 Å². The van der Waals surface area contributed by atoms with Gasteiger partial charge in [0, 0.05) is 11.6 Å². The van der Waals surface area contributed by atoms with E-state index in [9.17, 15) is 97.0 Å². The third-order valence-electron chi connectivity index (χ3n) is 4.58. The van der Waals surface area contributed by atoms with Gasteiger partial charge in [0.15, 0.2) is 0 Å². The van der Waals surface area contributed by atoms with Crippen LogP contribution in [0.2, 0.25) is 0 Å². The Morgan fingerprint density at radius 1 is 0.550 bits per heavy atom. The molecular formula is C16H9F21O3. The number of carbonyl (C=O) groups is 1. The number of aliphatic hydroxyl groups excluding tert-OH is 1. The first-order chi connectivity index (χ1) is 17.1. The van der Waals surface area contributed by atoms with E-state index < -0.39 is 90.3 Å². The van der Waals surface area contributed by atoms with E-state index in [-0.39, 0.29) is 6.92 Å². The van der Waals surface area contributed by atoms with Gasteiger partial charge in [0.25, 0.3) is 0 Å². The molecule has 0 atom stereocenters. The van der Waals surface area contributed by atoms with Gasteiger partial charge in [-0.2, -0.15) is 92.2 Å². The van der Waals surface area contributed by atoms with Gasteiger partial charge in [0.2, 0.25) is 0 Å². The monoisotopic (exact) mass is 648 g/mol. The SMILES string of the molecule is CC(=CC(F)(F)C(F)(F)C(F)(F)C(F)(F)C(F)(F)C(F)(F)C(F)(F)C(F)(F)C(F)(F)C(F)(F)F)C(=O)OCCO. The Balaban J connectivity index is 7.04. The van der Waals surface area contributed by atoms with E-state index in [1.54, 1.807) is 0 Å². The molecule has 0 aliphatic carbocycles. The highest BCUT2D eigenvalue weighted by atomic mass is 19.4. The van der Waals surface area contributed by atoms with E-state index in [0.717, 1.165) is 0 Å². The van der Waals surface area contributed by atoms with Crippen molar-refractivity contribution in [3.63, 3.8) is 0 Å². The zero-order chi connectivity index (χ0) is 33.0. The molecule has 1 N–H and O–H groups in total. The smallest absolute Gasteiger partial charge is 0.460 e. The molecule has 0 rings (SSSR count). The summed E-state index contributed by atoms with van der Waals surface area (Å²) >= 11 is 0. The van der Waals surface area contributed by atoms with Crippen molar-refractivity contribution in [2.24, 2.45) is 0 Å². The molecule has 238 valence electrons.